The molecule has 2 N–H and O–H groups in total. The average molecular weight is 429 g/mol. The van der Waals surface area contributed by atoms with Crippen molar-refractivity contribution in [1.82, 2.24) is 34.9 Å². The van der Waals surface area contributed by atoms with Gasteiger partial charge in [-0.05, 0) is 44.3 Å². The van der Waals surface area contributed by atoms with Crippen LogP contribution < -0.4 is 5.32 Å². The normalized spacial score (nSPS) is 15.3. The number of pyridine rings is 3. The van der Waals surface area contributed by atoms with Crippen LogP contribution in [0.2, 0.25) is 0 Å². The maximum atomic E-state index is 4.89. The lowest BCUT2D eigenvalue weighted by Crippen LogP contribution is -2.45. The zero-order valence-corrected chi connectivity index (χ0v) is 18.5. The van der Waals surface area contributed by atoms with Crippen LogP contribution >= 0.6 is 0 Å². The first-order chi connectivity index (χ1) is 15.7. The Labute approximate surface area is 187 Å². The molecule has 32 heavy (non-hydrogen) atoms. The van der Waals surface area contributed by atoms with Gasteiger partial charge >= 0.3 is 0 Å². The second-order valence-electron chi connectivity index (χ2n) is 8.35. The number of nitrogens with zero attached hydrogens (tertiary/aromatic N) is 6. The number of fused-ring (bicyclic) bond motifs is 1. The van der Waals surface area contributed by atoms with Crippen LogP contribution in [0.1, 0.15) is 5.69 Å². The van der Waals surface area contributed by atoms with Crippen molar-refractivity contribution < 1.29 is 0 Å². The van der Waals surface area contributed by atoms with Crippen molar-refractivity contribution in [3.8, 4) is 22.6 Å². The van der Waals surface area contributed by atoms with Crippen molar-refractivity contribution >= 4 is 16.7 Å². The number of anilines is 1. The van der Waals surface area contributed by atoms with Crippen LogP contribution in [-0.2, 0) is 0 Å². The number of H-pyrrole nitrogens is 1. The Kier molecular flexibility index (Phi) is 5.79. The SMILES string of the molecule is Cc1cccc(-c2[nH]ncc2-c2ccc3ncc(NCCN4CCN(C)CC4)cc3n2)n1. The van der Waals surface area contributed by atoms with E-state index in [2.05, 4.69) is 48.4 Å². The number of rotatable bonds is 6. The van der Waals surface area contributed by atoms with Crippen LogP contribution in [0.3, 0.4) is 0 Å². The molecular formula is C24H28N8. The summed E-state index contributed by atoms with van der Waals surface area (Å²) in [6.07, 6.45) is 3.69. The minimum atomic E-state index is 0.848. The van der Waals surface area contributed by atoms with Gasteiger partial charge in [-0.15, -0.1) is 0 Å². The van der Waals surface area contributed by atoms with Gasteiger partial charge in [0.15, 0.2) is 0 Å². The standard InChI is InChI=1S/C24H28N8/c1-17-4-3-5-22(28-17)24-19(16-27-30-24)20-6-7-21-23(29-20)14-18(15-26-21)25-8-9-32-12-10-31(2)11-13-32/h3-7,14-16,25H,8-13H2,1-2H3,(H,27,30). The number of aryl methyl sites for hydroxylation is 1. The Balaban J connectivity index is 1.34. The van der Waals surface area contributed by atoms with Gasteiger partial charge in [-0.1, -0.05) is 6.07 Å². The van der Waals surface area contributed by atoms with E-state index in [0.29, 0.717) is 0 Å². The van der Waals surface area contributed by atoms with E-state index >= 15 is 0 Å². The average Bonchev–Trinajstić information content (AvgIpc) is 3.30. The molecule has 164 valence electrons. The minimum Gasteiger partial charge on any atom is -0.382 e. The third-order valence-corrected chi connectivity index (χ3v) is 5.95. The number of hydrogen-bond acceptors (Lipinski definition) is 7. The molecule has 0 atom stereocenters. The van der Waals surface area contributed by atoms with E-state index in [1.54, 1.807) is 6.20 Å². The molecule has 0 spiro atoms. The van der Waals surface area contributed by atoms with Gasteiger partial charge < -0.3 is 10.2 Å². The summed E-state index contributed by atoms with van der Waals surface area (Å²) >= 11 is 0. The maximum Gasteiger partial charge on any atom is 0.0928 e. The molecule has 0 amide bonds. The van der Waals surface area contributed by atoms with Gasteiger partial charge in [0.2, 0.25) is 0 Å². The molecule has 0 aliphatic carbocycles. The van der Waals surface area contributed by atoms with E-state index in [1.807, 2.05) is 43.5 Å². The quantitative estimate of drug-likeness (QED) is 0.488. The molecule has 5 heterocycles. The second kappa shape index (κ2) is 9.02. The summed E-state index contributed by atoms with van der Waals surface area (Å²) in [5, 5.41) is 10.8. The summed E-state index contributed by atoms with van der Waals surface area (Å²) in [6, 6.07) is 12.0. The Hall–Kier alpha value is -3.36. The molecule has 4 aromatic heterocycles. The number of hydrogen-bond donors (Lipinski definition) is 2. The first-order valence-electron chi connectivity index (χ1n) is 11.0. The highest BCUT2D eigenvalue weighted by Crippen LogP contribution is 2.29. The lowest BCUT2D eigenvalue weighted by atomic mass is 10.1. The van der Waals surface area contributed by atoms with Crippen molar-refractivity contribution in [2.24, 2.45) is 0 Å². The van der Waals surface area contributed by atoms with E-state index in [1.165, 1.54) is 0 Å². The molecule has 4 aromatic rings. The van der Waals surface area contributed by atoms with E-state index in [-0.39, 0.29) is 0 Å². The van der Waals surface area contributed by atoms with Gasteiger partial charge in [0, 0.05) is 50.5 Å². The molecule has 8 nitrogen and oxygen atoms in total. The minimum absolute atomic E-state index is 0.848. The smallest absolute Gasteiger partial charge is 0.0928 e. The number of nitrogens with one attached hydrogen (secondary N) is 2. The number of piperazine rings is 1. The largest absolute Gasteiger partial charge is 0.382 e. The third kappa shape index (κ3) is 4.46. The van der Waals surface area contributed by atoms with Crippen molar-refractivity contribution in [3.63, 3.8) is 0 Å². The maximum absolute atomic E-state index is 4.89. The fraction of sp³-hybridized carbons (Fsp3) is 0.333. The molecule has 0 aromatic carbocycles. The van der Waals surface area contributed by atoms with Gasteiger partial charge in [-0.25, -0.2) is 4.98 Å². The number of likely N-dealkylation sites (N-methyl/N-ethyl adjacent to an activating group) is 1. The topological polar surface area (TPSA) is 85.9 Å². The van der Waals surface area contributed by atoms with Crippen molar-refractivity contribution in [2.45, 2.75) is 6.92 Å². The Bertz CT molecular complexity index is 1210. The predicted molar refractivity (Wildman–Crippen MR) is 128 cm³/mol. The molecular weight excluding hydrogens is 400 g/mol. The molecule has 1 fully saturated rings. The van der Waals surface area contributed by atoms with Crippen LogP contribution in [-0.4, -0.2) is 81.3 Å². The Morgan fingerprint density at radius 2 is 1.84 bits per heavy atom. The highest BCUT2D eigenvalue weighted by Gasteiger charge is 2.14. The lowest BCUT2D eigenvalue weighted by Gasteiger charge is -2.32. The Morgan fingerprint density at radius 1 is 0.969 bits per heavy atom. The van der Waals surface area contributed by atoms with Crippen LogP contribution in [0.25, 0.3) is 33.7 Å². The van der Waals surface area contributed by atoms with Gasteiger partial charge in [-0.2, -0.15) is 5.10 Å². The van der Waals surface area contributed by atoms with Crippen LogP contribution in [0.5, 0.6) is 0 Å². The number of aromatic amines is 1. The van der Waals surface area contributed by atoms with E-state index in [4.69, 9.17) is 4.98 Å². The lowest BCUT2D eigenvalue weighted by molar-refractivity contribution is 0.158. The summed E-state index contributed by atoms with van der Waals surface area (Å²) < 4.78 is 0. The summed E-state index contributed by atoms with van der Waals surface area (Å²) in [7, 11) is 2.18. The van der Waals surface area contributed by atoms with Crippen LogP contribution in [0, 0.1) is 6.92 Å². The van der Waals surface area contributed by atoms with E-state index in [9.17, 15) is 0 Å². The zero-order chi connectivity index (χ0) is 21.9. The molecule has 1 aliphatic rings. The van der Waals surface area contributed by atoms with E-state index in [0.717, 1.165) is 84.3 Å². The highest BCUT2D eigenvalue weighted by molar-refractivity contribution is 5.83. The molecule has 0 saturated carbocycles. The molecule has 8 heteroatoms. The van der Waals surface area contributed by atoms with Crippen molar-refractivity contribution in [2.75, 3.05) is 51.6 Å². The van der Waals surface area contributed by atoms with Gasteiger partial charge in [0.05, 0.1) is 46.2 Å². The van der Waals surface area contributed by atoms with E-state index < -0.39 is 0 Å². The fourth-order valence-corrected chi connectivity index (χ4v) is 4.04. The summed E-state index contributed by atoms with van der Waals surface area (Å²) in [5.74, 6) is 0. The molecule has 0 unspecified atom stereocenters. The van der Waals surface area contributed by atoms with Gasteiger partial charge in [0.25, 0.3) is 0 Å². The van der Waals surface area contributed by atoms with Crippen molar-refractivity contribution in [1.29, 1.82) is 0 Å². The summed E-state index contributed by atoms with van der Waals surface area (Å²) in [4.78, 5) is 19.0. The zero-order valence-electron chi connectivity index (χ0n) is 18.5. The predicted octanol–water partition coefficient (Wildman–Crippen LogP) is 3.05. The molecule has 1 aliphatic heterocycles. The Morgan fingerprint density at radius 3 is 2.69 bits per heavy atom. The molecule has 1 saturated heterocycles. The summed E-state index contributed by atoms with van der Waals surface area (Å²) in [5.41, 5.74) is 7.19. The first kappa shape index (κ1) is 20.5. The second-order valence-corrected chi connectivity index (χ2v) is 8.35. The monoisotopic (exact) mass is 428 g/mol. The third-order valence-electron chi connectivity index (χ3n) is 5.95. The van der Waals surface area contributed by atoms with Gasteiger partial charge in [-0.3, -0.25) is 20.0 Å². The van der Waals surface area contributed by atoms with Gasteiger partial charge in [0.1, 0.15) is 0 Å². The van der Waals surface area contributed by atoms with Crippen LogP contribution in [0.4, 0.5) is 5.69 Å². The summed E-state index contributed by atoms with van der Waals surface area (Å²) in [6.45, 7) is 8.43. The number of aromatic nitrogens is 5. The molecule has 0 radical (unpaired) electrons. The fourth-order valence-electron chi connectivity index (χ4n) is 4.04. The van der Waals surface area contributed by atoms with Crippen LogP contribution in [0.15, 0.2) is 48.8 Å². The highest BCUT2D eigenvalue weighted by atomic mass is 15.2. The molecule has 0 bridgehead atoms. The molecule has 5 rings (SSSR count). The first-order valence-corrected chi connectivity index (χ1v) is 11.0. The van der Waals surface area contributed by atoms with Crippen molar-refractivity contribution in [3.05, 3.63) is 54.5 Å².